The SMILES string of the molecule is CSCC[C@H](O)C(=O)NC[C@@H]1C[C@H](F)CN1Cc1cccs1. The van der Waals surface area contributed by atoms with Crippen molar-refractivity contribution < 1.29 is 14.3 Å². The molecule has 0 radical (unpaired) electrons. The lowest BCUT2D eigenvalue weighted by atomic mass is 10.2. The van der Waals surface area contributed by atoms with E-state index in [2.05, 4.69) is 10.2 Å². The number of halogens is 1. The zero-order chi connectivity index (χ0) is 15.9. The number of aliphatic hydroxyl groups is 1. The molecule has 124 valence electrons. The zero-order valence-corrected chi connectivity index (χ0v) is 14.3. The van der Waals surface area contributed by atoms with E-state index < -0.39 is 12.3 Å². The van der Waals surface area contributed by atoms with Gasteiger partial charge in [-0.3, -0.25) is 9.69 Å². The third kappa shape index (κ3) is 5.22. The molecule has 1 saturated heterocycles. The summed E-state index contributed by atoms with van der Waals surface area (Å²) in [6.07, 6.45) is 1.01. The summed E-state index contributed by atoms with van der Waals surface area (Å²) in [5.41, 5.74) is 0. The van der Waals surface area contributed by atoms with Crippen molar-refractivity contribution in [2.75, 3.05) is 25.1 Å². The van der Waals surface area contributed by atoms with Crippen molar-refractivity contribution in [1.29, 1.82) is 0 Å². The minimum Gasteiger partial charge on any atom is -0.383 e. The molecule has 2 heterocycles. The lowest BCUT2D eigenvalue weighted by molar-refractivity contribution is -0.129. The van der Waals surface area contributed by atoms with E-state index in [1.54, 1.807) is 23.1 Å². The molecule has 1 amide bonds. The molecule has 1 aliphatic rings. The van der Waals surface area contributed by atoms with E-state index in [1.165, 1.54) is 4.88 Å². The zero-order valence-electron chi connectivity index (χ0n) is 12.7. The molecule has 22 heavy (non-hydrogen) atoms. The minimum absolute atomic E-state index is 0.00574. The van der Waals surface area contributed by atoms with Crippen molar-refractivity contribution in [2.45, 2.75) is 37.7 Å². The van der Waals surface area contributed by atoms with Crippen molar-refractivity contribution in [3.63, 3.8) is 0 Å². The van der Waals surface area contributed by atoms with E-state index in [1.807, 2.05) is 23.8 Å². The van der Waals surface area contributed by atoms with Gasteiger partial charge in [0.2, 0.25) is 5.91 Å². The first-order valence-electron chi connectivity index (χ1n) is 7.45. The van der Waals surface area contributed by atoms with Gasteiger partial charge in [0.05, 0.1) is 0 Å². The number of alkyl halides is 1. The van der Waals surface area contributed by atoms with Crippen molar-refractivity contribution in [1.82, 2.24) is 10.2 Å². The van der Waals surface area contributed by atoms with E-state index in [0.29, 0.717) is 32.5 Å². The monoisotopic (exact) mass is 346 g/mol. The maximum absolute atomic E-state index is 13.7. The largest absolute Gasteiger partial charge is 0.383 e. The molecule has 0 aromatic carbocycles. The summed E-state index contributed by atoms with van der Waals surface area (Å²) in [6.45, 7) is 1.52. The second-order valence-corrected chi connectivity index (χ2v) is 7.56. The molecule has 0 unspecified atom stereocenters. The second-order valence-electron chi connectivity index (χ2n) is 5.54. The molecule has 0 aliphatic carbocycles. The Balaban J connectivity index is 1.80. The number of nitrogens with one attached hydrogen (secondary N) is 1. The topological polar surface area (TPSA) is 52.6 Å². The summed E-state index contributed by atoms with van der Waals surface area (Å²) in [5, 5.41) is 14.5. The van der Waals surface area contributed by atoms with Crippen LogP contribution >= 0.6 is 23.1 Å². The van der Waals surface area contributed by atoms with E-state index >= 15 is 0 Å². The van der Waals surface area contributed by atoms with Crippen LogP contribution in [0.2, 0.25) is 0 Å². The van der Waals surface area contributed by atoms with Crippen LogP contribution in [0, 0.1) is 0 Å². The number of aliphatic hydroxyl groups excluding tert-OH is 1. The van der Waals surface area contributed by atoms with Crippen LogP contribution in [0.3, 0.4) is 0 Å². The van der Waals surface area contributed by atoms with E-state index in [0.717, 1.165) is 5.75 Å². The second kappa shape index (κ2) is 8.86. The lowest BCUT2D eigenvalue weighted by Crippen LogP contribution is -2.43. The summed E-state index contributed by atoms with van der Waals surface area (Å²) in [7, 11) is 0. The third-order valence-corrected chi connectivity index (χ3v) is 5.33. The normalized spacial score (nSPS) is 23.6. The quantitative estimate of drug-likeness (QED) is 0.755. The Bertz CT molecular complexity index is 458. The maximum Gasteiger partial charge on any atom is 0.248 e. The van der Waals surface area contributed by atoms with Crippen molar-refractivity contribution >= 4 is 29.0 Å². The van der Waals surface area contributed by atoms with Crippen LogP contribution in [0.25, 0.3) is 0 Å². The third-order valence-electron chi connectivity index (χ3n) is 3.83. The van der Waals surface area contributed by atoms with E-state index in [-0.39, 0.29) is 11.9 Å². The lowest BCUT2D eigenvalue weighted by Gasteiger charge is -2.24. The van der Waals surface area contributed by atoms with Gasteiger partial charge in [0, 0.05) is 30.6 Å². The molecule has 7 heteroatoms. The average Bonchev–Trinajstić information content (AvgIpc) is 3.12. The molecule has 2 rings (SSSR count). The van der Waals surface area contributed by atoms with Gasteiger partial charge in [0.15, 0.2) is 0 Å². The van der Waals surface area contributed by atoms with E-state index in [4.69, 9.17) is 0 Å². The first-order valence-corrected chi connectivity index (χ1v) is 9.72. The fourth-order valence-corrected chi connectivity index (χ4v) is 3.82. The summed E-state index contributed by atoms with van der Waals surface area (Å²) < 4.78 is 13.7. The van der Waals surface area contributed by atoms with Gasteiger partial charge in [0.25, 0.3) is 0 Å². The molecule has 1 aliphatic heterocycles. The number of carbonyl (C=O) groups is 1. The van der Waals surface area contributed by atoms with Crippen LogP contribution < -0.4 is 5.32 Å². The van der Waals surface area contributed by atoms with Gasteiger partial charge >= 0.3 is 0 Å². The molecule has 0 bridgehead atoms. The molecule has 1 aromatic rings. The molecule has 0 spiro atoms. The van der Waals surface area contributed by atoms with Crippen molar-refractivity contribution in [3.05, 3.63) is 22.4 Å². The highest BCUT2D eigenvalue weighted by atomic mass is 32.2. The van der Waals surface area contributed by atoms with Gasteiger partial charge in [0.1, 0.15) is 12.3 Å². The number of hydrogen-bond donors (Lipinski definition) is 2. The number of nitrogens with zero attached hydrogens (tertiary/aromatic N) is 1. The number of thioether (sulfide) groups is 1. The van der Waals surface area contributed by atoms with Crippen LogP contribution in [0.5, 0.6) is 0 Å². The molecule has 4 nitrogen and oxygen atoms in total. The van der Waals surface area contributed by atoms with Crippen LogP contribution in [0.15, 0.2) is 17.5 Å². The number of rotatable bonds is 8. The van der Waals surface area contributed by atoms with Crippen LogP contribution in [-0.4, -0.2) is 59.3 Å². The number of amides is 1. The summed E-state index contributed by atoms with van der Waals surface area (Å²) >= 11 is 3.25. The molecule has 2 N–H and O–H groups in total. The van der Waals surface area contributed by atoms with Crippen molar-refractivity contribution in [2.24, 2.45) is 0 Å². The predicted molar refractivity (Wildman–Crippen MR) is 90.0 cm³/mol. The minimum atomic E-state index is -0.972. The molecular weight excluding hydrogens is 323 g/mol. The molecule has 3 atom stereocenters. The van der Waals surface area contributed by atoms with E-state index in [9.17, 15) is 14.3 Å². The Morgan fingerprint density at radius 1 is 1.68 bits per heavy atom. The highest BCUT2D eigenvalue weighted by molar-refractivity contribution is 7.98. The average molecular weight is 346 g/mol. The first kappa shape index (κ1) is 17.7. The molecule has 1 aromatic heterocycles. The Kier molecular flexibility index (Phi) is 7.14. The Hall–Kier alpha value is -0.630. The van der Waals surface area contributed by atoms with Crippen molar-refractivity contribution in [3.8, 4) is 0 Å². The number of thiophene rings is 1. The fraction of sp³-hybridized carbons (Fsp3) is 0.667. The Morgan fingerprint density at radius 2 is 2.50 bits per heavy atom. The van der Waals surface area contributed by atoms with Gasteiger partial charge in [-0.15, -0.1) is 11.3 Å². The number of likely N-dealkylation sites (tertiary alicyclic amines) is 1. The Labute approximate surface area is 139 Å². The standard InChI is InChI=1S/C15H23FN2O2S2/c1-21-6-4-14(19)15(20)17-8-12-7-11(16)9-18(12)10-13-3-2-5-22-13/h2-3,5,11-12,14,19H,4,6-10H2,1H3,(H,17,20)/t11-,12-,14-/m0/s1. The Morgan fingerprint density at radius 3 is 3.18 bits per heavy atom. The van der Waals surface area contributed by atoms with Crippen LogP contribution in [0.4, 0.5) is 4.39 Å². The molecular formula is C15H23FN2O2S2. The van der Waals surface area contributed by atoms with Gasteiger partial charge in [-0.05, 0) is 36.3 Å². The first-order chi connectivity index (χ1) is 10.6. The van der Waals surface area contributed by atoms with Gasteiger partial charge in [-0.2, -0.15) is 11.8 Å². The highest BCUT2D eigenvalue weighted by Crippen LogP contribution is 2.23. The smallest absolute Gasteiger partial charge is 0.248 e. The molecule has 0 saturated carbocycles. The highest BCUT2D eigenvalue weighted by Gasteiger charge is 2.32. The fourth-order valence-electron chi connectivity index (χ4n) is 2.63. The maximum atomic E-state index is 13.7. The number of carbonyl (C=O) groups excluding carboxylic acids is 1. The summed E-state index contributed by atoms with van der Waals surface area (Å²) in [6, 6.07) is 4.02. The predicted octanol–water partition coefficient (Wildman–Crippen LogP) is 1.89. The van der Waals surface area contributed by atoms with Gasteiger partial charge in [-0.1, -0.05) is 6.07 Å². The summed E-state index contributed by atoms with van der Waals surface area (Å²) in [4.78, 5) is 15.1. The molecule has 1 fully saturated rings. The summed E-state index contributed by atoms with van der Waals surface area (Å²) in [5.74, 6) is 0.391. The van der Waals surface area contributed by atoms with Gasteiger partial charge in [-0.25, -0.2) is 4.39 Å². The van der Waals surface area contributed by atoms with Crippen LogP contribution in [0.1, 0.15) is 17.7 Å². The van der Waals surface area contributed by atoms with Gasteiger partial charge < -0.3 is 10.4 Å². The van der Waals surface area contributed by atoms with Crippen LogP contribution in [-0.2, 0) is 11.3 Å². The number of hydrogen-bond acceptors (Lipinski definition) is 5.